The molecule has 1 aliphatic rings. The van der Waals surface area contributed by atoms with E-state index < -0.39 is 0 Å². The summed E-state index contributed by atoms with van der Waals surface area (Å²) in [6, 6.07) is 7.74. The molecule has 0 unspecified atom stereocenters. The highest BCUT2D eigenvalue weighted by Gasteiger charge is 2.18. The molecular weight excluding hydrogens is 272 g/mol. The Morgan fingerprint density at radius 3 is 2.85 bits per heavy atom. The quantitative estimate of drug-likeness (QED) is 0.927. The Balaban J connectivity index is 2.03. The van der Waals surface area contributed by atoms with Crippen LogP contribution < -0.4 is 5.32 Å². The third-order valence-corrected chi connectivity index (χ3v) is 3.76. The van der Waals surface area contributed by atoms with Gasteiger partial charge in [-0.3, -0.25) is 9.59 Å². The van der Waals surface area contributed by atoms with Gasteiger partial charge in [-0.05, 0) is 23.0 Å². The van der Waals surface area contributed by atoms with Crippen molar-refractivity contribution in [2.75, 3.05) is 17.6 Å². The fourth-order valence-corrected chi connectivity index (χ4v) is 2.64. The van der Waals surface area contributed by atoms with Gasteiger partial charge < -0.3 is 10.2 Å². The molecule has 0 saturated heterocycles. The van der Waals surface area contributed by atoms with Crippen LogP contribution in [0.25, 0.3) is 0 Å². The smallest absolute Gasteiger partial charge is 0.244 e. The van der Waals surface area contributed by atoms with Gasteiger partial charge in [0.1, 0.15) is 6.54 Å². The monoisotopic (exact) mass is 290 g/mol. The molecule has 0 aromatic heterocycles. The Morgan fingerprint density at radius 1 is 1.40 bits per heavy atom. The van der Waals surface area contributed by atoms with E-state index in [1.54, 1.807) is 6.20 Å². The number of thioether (sulfide) groups is 1. The lowest BCUT2D eigenvalue weighted by Crippen LogP contribution is -2.36. The summed E-state index contributed by atoms with van der Waals surface area (Å²) in [6.45, 7) is 4.22. The molecule has 1 heterocycles. The van der Waals surface area contributed by atoms with E-state index in [0.29, 0.717) is 11.7 Å². The predicted molar refractivity (Wildman–Crippen MR) is 82.5 cm³/mol. The normalized spacial score (nSPS) is 14.8. The van der Waals surface area contributed by atoms with Gasteiger partial charge >= 0.3 is 0 Å². The second kappa shape index (κ2) is 6.61. The molecule has 1 aromatic carbocycles. The van der Waals surface area contributed by atoms with Crippen LogP contribution in [0.3, 0.4) is 0 Å². The third kappa shape index (κ3) is 3.63. The molecule has 0 spiro atoms. The first-order valence-electron chi connectivity index (χ1n) is 6.54. The average molecular weight is 290 g/mol. The van der Waals surface area contributed by atoms with E-state index >= 15 is 0 Å². The summed E-state index contributed by atoms with van der Waals surface area (Å²) in [7, 11) is 0. The number of amides is 2. The molecule has 4 nitrogen and oxygen atoms in total. The standard InChI is InChI=1S/C15H18N2O2S/c1-11(2)12-5-3-4-6-13(12)16-14(18)9-17-7-8-20-10-15(17)19/h3-8,11H,9-10H2,1-2H3,(H,16,18). The first-order valence-corrected chi connectivity index (χ1v) is 7.59. The molecule has 0 saturated carbocycles. The van der Waals surface area contributed by atoms with Crippen molar-refractivity contribution in [2.45, 2.75) is 19.8 Å². The number of carbonyl (C=O) groups is 2. The van der Waals surface area contributed by atoms with E-state index in [1.165, 1.54) is 16.7 Å². The number of anilines is 1. The molecule has 0 bridgehead atoms. The lowest BCUT2D eigenvalue weighted by molar-refractivity contribution is -0.129. The molecule has 1 N–H and O–H groups in total. The van der Waals surface area contributed by atoms with Crippen LogP contribution in [0.1, 0.15) is 25.3 Å². The lowest BCUT2D eigenvalue weighted by Gasteiger charge is -2.21. The number of hydrogen-bond acceptors (Lipinski definition) is 3. The largest absolute Gasteiger partial charge is 0.324 e. The minimum absolute atomic E-state index is 0.0372. The Hall–Kier alpha value is -1.75. The van der Waals surface area contributed by atoms with Crippen molar-refractivity contribution in [3.05, 3.63) is 41.4 Å². The zero-order valence-electron chi connectivity index (χ0n) is 11.6. The number of carbonyl (C=O) groups excluding carboxylic acids is 2. The summed E-state index contributed by atoms with van der Waals surface area (Å²) in [5.74, 6) is 0.513. The highest BCUT2D eigenvalue weighted by atomic mass is 32.2. The van der Waals surface area contributed by atoms with Gasteiger partial charge in [-0.1, -0.05) is 32.0 Å². The summed E-state index contributed by atoms with van der Waals surface area (Å²) in [5, 5.41) is 4.72. The minimum atomic E-state index is -0.178. The highest BCUT2D eigenvalue weighted by Crippen LogP contribution is 2.23. The number of nitrogens with one attached hydrogen (secondary N) is 1. The number of rotatable bonds is 4. The molecule has 0 atom stereocenters. The molecule has 1 aliphatic heterocycles. The second-order valence-electron chi connectivity index (χ2n) is 4.91. The highest BCUT2D eigenvalue weighted by molar-refractivity contribution is 8.02. The number of benzene rings is 1. The fourth-order valence-electron chi connectivity index (χ4n) is 2.00. The van der Waals surface area contributed by atoms with Gasteiger partial charge in [-0.15, -0.1) is 11.8 Å². The molecule has 20 heavy (non-hydrogen) atoms. The van der Waals surface area contributed by atoms with Gasteiger partial charge in [0, 0.05) is 11.9 Å². The van der Waals surface area contributed by atoms with Crippen molar-refractivity contribution in [3.63, 3.8) is 0 Å². The van der Waals surface area contributed by atoms with Crippen molar-refractivity contribution >= 4 is 29.3 Å². The third-order valence-electron chi connectivity index (χ3n) is 3.04. The first-order chi connectivity index (χ1) is 9.58. The maximum atomic E-state index is 12.1. The van der Waals surface area contributed by atoms with E-state index in [4.69, 9.17) is 0 Å². The molecule has 2 amide bonds. The summed E-state index contributed by atoms with van der Waals surface area (Å²) in [6.07, 6.45) is 1.66. The molecule has 0 aliphatic carbocycles. The van der Waals surface area contributed by atoms with E-state index in [-0.39, 0.29) is 18.4 Å². The molecule has 5 heteroatoms. The van der Waals surface area contributed by atoms with E-state index in [1.807, 2.05) is 29.7 Å². The maximum Gasteiger partial charge on any atom is 0.244 e. The maximum absolute atomic E-state index is 12.1. The van der Waals surface area contributed by atoms with E-state index in [0.717, 1.165) is 11.3 Å². The summed E-state index contributed by atoms with van der Waals surface area (Å²) in [5.41, 5.74) is 1.91. The Morgan fingerprint density at radius 2 is 2.15 bits per heavy atom. The van der Waals surface area contributed by atoms with Crippen molar-refractivity contribution in [3.8, 4) is 0 Å². The molecule has 0 fully saturated rings. The van der Waals surface area contributed by atoms with Crippen LogP contribution in [0, 0.1) is 0 Å². The molecule has 0 radical (unpaired) electrons. The van der Waals surface area contributed by atoms with Crippen LogP contribution in [0.15, 0.2) is 35.9 Å². The molecule has 2 rings (SSSR count). The number of nitrogens with zero attached hydrogens (tertiary/aromatic N) is 1. The van der Waals surface area contributed by atoms with Gasteiger partial charge in [-0.2, -0.15) is 0 Å². The van der Waals surface area contributed by atoms with Crippen LogP contribution in [-0.2, 0) is 9.59 Å². The van der Waals surface area contributed by atoms with Crippen molar-refractivity contribution in [2.24, 2.45) is 0 Å². The minimum Gasteiger partial charge on any atom is -0.324 e. The zero-order valence-corrected chi connectivity index (χ0v) is 12.4. The molecule has 106 valence electrons. The van der Waals surface area contributed by atoms with Crippen LogP contribution in [-0.4, -0.2) is 29.0 Å². The Bertz CT molecular complexity index is 540. The van der Waals surface area contributed by atoms with Gasteiger partial charge in [0.05, 0.1) is 5.75 Å². The molecular formula is C15H18N2O2S. The lowest BCUT2D eigenvalue weighted by atomic mass is 10.0. The number of hydrogen-bond donors (Lipinski definition) is 1. The topological polar surface area (TPSA) is 49.4 Å². The Kier molecular flexibility index (Phi) is 4.84. The van der Waals surface area contributed by atoms with Crippen LogP contribution >= 0.6 is 11.8 Å². The summed E-state index contributed by atoms with van der Waals surface area (Å²) >= 11 is 1.44. The van der Waals surface area contributed by atoms with E-state index in [9.17, 15) is 9.59 Å². The van der Waals surface area contributed by atoms with Crippen LogP contribution in [0.4, 0.5) is 5.69 Å². The fraction of sp³-hybridized carbons (Fsp3) is 0.333. The Labute approximate surface area is 123 Å². The van der Waals surface area contributed by atoms with Gasteiger partial charge in [0.2, 0.25) is 11.8 Å². The van der Waals surface area contributed by atoms with Crippen LogP contribution in [0.5, 0.6) is 0 Å². The first kappa shape index (κ1) is 14.7. The van der Waals surface area contributed by atoms with Gasteiger partial charge in [-0.25, -0.2) is 0 Å². The average Bonchev–Trinajstić information content (AvgIpc) is 2.41. The summed E-state index contributed by atoms with van der Waals surface area (Å²) in [4.78, 5) is 25.1. The van der Waals surface area contributed by atoms with Crippen molar-refractivity contribution < 1.29 is 9.59 Å². The van der Waals surface area contributed by atoms with Crippen molar-refractivity contribution in [1.82, 2.24) is 4.90 Å². The number of para-hydroxylation sites is 1. The van der Waals surface area contributed by atoms with Gasteiger partial charge in [0.25, 0.3) is 0 Å². The molecule has 1 aromatic rings. The summed E-state index contributed by atoms with van der Waals surface area (Å²) < 4.78 is 0. The van der Waals surface area contributed by atoms with Gasteiger partial charge in [0.15, 0.2) is 0 Å². The second-order valence-corrected chi connectivity index (χ2v) is 5.80. The predicted octanol–water partition coefficient (Wildman–Crippen LogP) is 2.80. The van der Waals surface area contributed by atoms with Crippen molar-refractivity contribution in [1.29, 1.82) is 0 Å². The zero-order chi connectivity index (χ0) is 14.5. The SMILES string of the molecule is CC(C)c1ccccc1NC(=O)CN1C=CSCC1=O. The van der Waals surface area contributed by atoms with Crippen LogP contribution in [0.2, 0.25) is 0 Å². The van der Waals surface area contributed by atoms with E-state index in [2.05, 4.69) is 19.2 Å².